The van der Waals surface area contributed by atoms with Gasteiger partial charge in [0.15, 0.2) is 5.78 Å². The molecule has 0 atom stereocenters. The molecule has 17 heavy (non-hydrogen) atoms. The van der Waals surface area contributed by atoms with Crippen LogP contribution in [0.5, 0.6) is 0 Å². The molecule has 1 fully saturated rings. The highest BCUT2D eigenvalue weighted by atomic mass is 35.5. The van der Waals surface area contributed by atoms with E-state index < -0.39 is 0 Å². The number of benzene rings is 1. The van der Waals surface area contributed by atoms with Gasteiger partial charge < -0.3 is 5.32 Å². The average molecular weight is 252 g/mol. The number of piperidine rings is 1. The standard InChI is InChI=1S/C14H17NO.ClH/c1-14(2)9-13(16)12(10-15-14)8-11-6-4-3-5-7-11;/h3-8,15H,9-10H2,1-2H3;1H/b12-8+;. The van der Waals surface area contributed by atoms with E-state index in [-0.39, 0.29) is 23.7 Å². The summed E-state index contributed by atoms with van der Waals surface area (Å²) in [5.41, 5.74) is 1.91. The maximum Gasteiger partial charge on any atom is 0.161 e. The molecule has 92 valence electrons. The van der Waals surface area contributed by atoms with Gasteiger partial charge in [-0.2, -0.15) is 0 Å². The molecule has 0 radical (unpaired) electrons. The molecule has 1 aliphatic rings. The topological polar surface area (TPSA) is 29.1 Å². The molecule has 2 nitrogen and oxygen atoms in total. The second-order valence-electron chi connectivity index (χ2n) is 4.92. The van der Waals surface area contributed by atoms with Crippen molar-refractivity contribution in [1.82, 2.24) is 5.32 Å². The lowest BCUT2D eigenvalue weighted by molar-refractivity contribution is -0.117. The highest BCUT2D eigenvalue weighted by Gasteiger charge is 2.28. The van der Waals surface area contributed by atoms with E-state index in [1.807, 2.05) is 36.4 Å². The lowest BCUT2D eigenvalue weighted by Gasteiger charge is -2.31. The average Bonchev–Trinajstić information content (AvgIpc) is 2.23. The molecule has 1 aromatic rings. The number of rotatable bonds is 1. The second-order valence-corrected chi connectivity index (χ2v) is 4.92. The Morgan fingerprint density at radius 2 is 1.88 bits per heavy atom. The third-order valence-electron chi connectivity index (χ3n) is 2.86. The zero-order valence-corrected chi connectivity index (χ0v) is 11.0. The third-order valence-corrected chi connectivity index (χ3v) is 2.86. The second kappa shape index (κ2) is 5.48. The molecule has 1 aromatic carbocycles. The number of halogens is 1. The van der Waals surface area contributed by atoms with E-state index in [4.69, 9.17) is 0 Å². The summed E-state index contributed by atoms with van der Waals surface area (Å²) in [5, 5.41) is 3.37. The van der Waals surface area contributed by atoms with Gasteiger partial charge in [0.1, 0.15) is 0 Å². The minimum Gasteiger partial charge on any atom is -0.307 e. The fourth-order valence-electron chi connectivity index (χ4n) is 1.89. The van der Waals surface area contributed by atoms with E-state index >= 15 is 0 Å². The molecule has 0 amide bonds. The Kier molecular flexibility index (Phi) is 4.49. The highest BCUT2D eigenvalue weighted by molar-refractivity contribution is 6.01. The Morgan fingerprint density at radius 3 is 2.47 bits per heavy atom. The van der Waals surface area contributed by atoms with Gasteiger partial charge in [0.05, 0.1) is 0 Å². The van der Waals surface area contributed by atoms with E-state index in [9.17, 15) is 4.79 Å². The molecule has 0 aromatic heterocycles. The molecular formula is C14H18ClNO. The van der Waals surface area contributed by atoms with Crippen LogP contribution in [0.3, 0.4) is 0 Å². The molecule has 1 saturated heterocycles. The summed E-state index contributed by atoms with van der Waals surface area (Å²) in [5.74, 6) is 0.257. The van der Waals surface area contributed by atoms with Crippen molar-refractivity contribution in [2.24, 2.45) is 0 Å². The number of hydrogen-bond donors (Lipinski definition) is 1. The molecular weight excluding hydrogens is 234 g/mol. The third kappa shape index (κ3) is 3.69. The highest BCUT2D eigenvalue weighted by Crippen LogP contribution is 2.20. The normalized spacial score (nSPS) is 21.1. The Hall–Kier alpha value is -1.12. The molecule has 0 aliphatic carbocycles. The molecule has 2 rings (SSSR count). The lowest BCUT2D eigenvalue weighted by atomic mass is 9.88. The van der Waals surface area contributed by atoms with Gasteiger partial charge in [0, 0.05) is 24.1 Å². The number of Topliss-reactive ketones (excluding diaryl/α,β-unsaturated/α-hetero) is 1. The molecule has 0 saturated carbocycles. The van der Waals surface area contributed by atoms with Crippen molar-refractivity contribution in [3.8, 4) is 0 Å². The van der Waals surface area contributed by atoms with Crippen LogP contribution in [0.25, 0.3) is 6.08 Å². The monoisotopic (exact) mass is 251 g/mol. The SMILES string of the molecule is CC1(C)CC(=O)/C(=C/c2ccccc2)CN1.Cl. The molecule has 0 spiro atoms. The van der Waals surface area contributed by atoms with E-state index in [0.717, 1.165) is 11.1 Å². The molecule has 1 heterocycles. The van der Waals surface area contributed by atoms with Crippen molar-refractivity contribution in [2.45, 2.75) is 25.8 Å². The number of ketones is 1. The summed E-state index contributed by atoms with van der Waals surface area (Å²) >= 11 is 0. The summed E-state index contributed by atoms with van der Waals surface area (Å²) in [4.78, 5) is 11.9. The van der Waals surface area contributed by atoms with Gasteiger partial charge in [-0.15, -0.1) is 12.4 Å². The Morgan fingerprint density at radius 1 is 1.24 bits per heavy atom. The number of nitrogens with one attached hydrogen (secondary N) is 1. The van der Waals surface area contributed by atoms with Crippen LogP contribution in [-0.2, 0) is 4.79 Å². The first-order valence-corrected chi connectivity index (χ1v) is 5.61. The van der Waals surface area contributed by atoms with E-state index in [1.165, 1.54) is 0 Å². The Bertz CT molecular complexity index is 423. The van der Waals surface area contributed by atoms with Gasteiger partial charge in [0.25, 0.3) is 0 Å². The van der Waals surface area contributed by atoms with Crippen LogP contribution in [0.1, 0.15) is 25.8 Å². The van der Waals surface area contributed by atoms with Gasteiger partial charge in [-0.05, 0) is 25.5 Å². The van der Waals surface area contributed by atoms with Gasteiger partial charge >= 0.3 is 0 Å². The predicted molar refractivity (Wildman–Crippen MR) is 73.4 cm³/mol. The van der Waals surface area contributed by atoms with E-state index in [1.54, 1.807) is 0 Å². The van der Waals surface area contributed by atoms with Crippen molar-refractivity contribution >= 4 is 24.3 Å². The van der Waals surface area contributed by atoms with Gasteiger partial charge in [-0.25, -0.2) is 0 Å². The zero-order chi connectivity index (χ0) is 11.6. The summed E-state index contributed by atoms with van der Waals surface area (Å²) in [7, 11) is 0. The summed E-state index contributed by atoms with van der Waals surface area (Å²) in [6.45, 7) is 4.79. The zero-order valence-electron chi connectivity index (χ0n) is 10.2. The van der Waals surface area contributed by atoms with Crippen molar-refractivity contribution in [3.63, 3.8) is 0 Å². The number of carbonyl (C=O) groups is 1. The smallest absolute Gasteiger partial charge is 0.161 e. The van der Waals surface area contributed by atoms with E-state index in [2.05, 4.69) is 19.2 Å². The van der Waals surface area contributed by atoms with Crippen molar-refractivity contribution in [2.75, 3.05) is 6.54 Å². The predicted octanol–water partition coefficient (Wildman–Crippen LogP) is 2.83. The quantitative estimate of drug-likeness (QED) is 0.778. The van der Waals surface area contributed by atoms with Crippen LogP contribution in [0.4, 0.5) is 0 Å². The molecule has 1 N–H and O–H groups in total. The molecule has 0 unspecified atom stereocenters. The van der Waals surface area contributed by atoms with Gasteiger partial charge in [0.2, 0.25) is 0 Å². The van der Waals surface area contributed by atoms with Gasteiger partial charge in [-0.3, -0.25) is 4.79 Å². The van der Waals surface area contributed by atoms with Crippen LogP contribution in [0.2, 0.25) is 0 Å². The lowest BCUT2D eigenvalue weighted by Crippen LogP contribution is -2.47. The first kappa shape index (κ1) is 13.9. The van der Waals surface area contributed by atoms with Gasteiger partial charge in [-0.1, -0.05) is 30.3 Å². The minimum absolute atomic E-state index is 0. The Balaban J connectivity index is 0.00000144. The summed E-state index contributed by atoms with van der Waals surface area (Å²) in [6.07, 6.45) is 2.55. The minimum atomic E-state index is -0.0644. The van der Waals surface area contributed by atoms with Crippen LogP contribution in [0, 0.1) is 0 Å². The van der Waals surface area contributed by atoms with Crippen LogP contribution in [-0.4, -0.2) is 17.9 Å². The fraction of sp³-hybridized carbons (Fsp3) is 0.357. The Labute approximate surface area is 109 Å². The summed E-state index contributed by atoms with van der Waals surface area (Å²) in [6, 6.07) is 9.97. The molecule has 1 aliphatic heterocycles. The molecule has 0 bridgehead atoms. The largest absolute Gasteiger partial charge is 0.307 e. The van der Waals surface area contributed by atoms with E-state index in [0.29, 0.717) is 13.0 Å². The number of carbonyl (C=O) groups excluding carboxylic acids is 1. The van der Waals surface area contributed by atoms with Crippen LogP contribution in [0.15, 0.2) is 35.9 Å². The van der Waals surface area contributed by atoms with Crippen LogP contribution < -0.4 is 5.32 Å². The first-order valence-electron chi connectivity index (χ1n) is 5.61. The maximum absolute atomic E-state index is 11.9. The molecule has 3 heteroatoms. The van der Waals surface area contributed by atoms with Crippen molar-refractivity contribution in [1.29, 1.82) is 0 Å². The first-order chi connectivity index (χ1) is 7.57. The number of hydrogen-bond acceptors (Lipinski definition) is 2. The summed E-state index contributed by atoms with van der Waals surface area (Å²) < 4.78 is 0. The maximum atomic E-state index is 11.9. The van der Waals surface area contributed by atoms with Crippen LogP contribution >= 0.6 is 12.4 Å². The van der Waals surface area contributed by atoms with Crippen molar-refractivity contribution < 1.29 is 4.79 Å². The van der Waals surface area contributed by atoms with Crippen molar-refractivity contribution in [3.05, 3.63) is 41.5 Å². The fourth-order valence-corrected chi connectivity index (χ4v) is 1.89.